The summed E-state index contributed by atoms with van der Waals surface area (Å²) >= 11 is -1.42. The first-order valence-electron chi connectivity index (χ1n) is 15.4. The number of benzene rings is 2. The Morgan fingerprint density at radius 1 is 0.889 bits per heavy atom. The maximum Gasteiger partial charge on any atom is 0.453 e. The number of phenols is 1. The number of rotatable bonds is 17. The van der Waals surface area contributed by atoms with E-state index in [2.05, 4.69) is 4.90 Å². The summed E-state index contributed by atoms with van der Waals surface area (Å²) < 4.78 is 98.7. The fraction of sp³-hybridized carbons (Fsp3) is 0.576. The highest BCUT2D eigenvalue weighted by Gasteiger charge is 2.56. The number of allylic oxidation sites excluding steroid dienone is 2. The molecule has 0 radical (unpaired) electrons. The number of alkyl halides is 5. The zero-order chi connectivity index (χ0) is 33.3. The third-order valence-corrected chi connectivity index (χ3v) is 10.8. The molecule has 2 aromatic carbocycles. The van der Waals surface area contributed by atoms with Crippen molar-refractivity contribution in [2.75, 3.05) is 37.9 Å². The van der Waals surface area contributed by atoms with E-state index < -0.39 is 46.0 Å². The first kappa shape index (κ1) is 37.3. The fourth-order valence-electron chi connectivity index (χ4n) is 5.70. The molecule has 0 saturated heterocycles. The monoisotopic (exact) mass is 677 g/mol. The van der Waals surface area contributed by atoms with E-state index in [0.29, 0.717) is 13.0 Å². The summed E-state index contributed by atoms with van der Waals surface area (Å²) in [5.74, 6) is -4.38. The molecule has 0 heterocycles. The van der Waals surface area contributed by atoms with Crippen LogP contribution in [0.4, 0.5) is 22.0 Å². The lowest BCUT2D eigenvalue weighted by atomic mass is 9.89. The van der Waals surface area contributed by atoms with Gasteiger partial charge < -0.3 is 14.6 Å². The van der Waals surface area contributed by atoms with Gasteiger partial charge in [-0.3, -0.25) is 0 Å². The fourth-order valence-corrected chi connectivity index (χ4v) is 7.45. The van der Waals surface area contributed by atoms with Gasteiger partial charge in [0.25, 0.3) is 0 Å². The van der Waals surface area contributed by atoms with Crippen molar-refractivity contribution in [2.45, 2.75) is 87.6 Å². The van der Waals surface area contributed by atoms with Gasteiger partial charge in [0, 0.05) is 25.6 Å². The quantitative estimate of drug-likeness (QED) is 0.104. The molecule has 5 nitrogen and oxygen atoms in total. The number of sulfone groups is 1. The van der Waals surface area contributed by atoms with Crippen LogP contribution in [-0.2, 0) is 27.4 Å². The first-order chi connectivity index (χ1) is 21.1. The van der Waals surface area contributed by atoms with Crippen molar-refractivity contribution >= 4 is 32.2 Å². The molecule has 0 bridgehead atoms. The molecule has 0 aromatic heterocycles. The van der Waals surface area contributed by atoms with Gasteiger partial charge in [0.1, 0.15) is 17.3 Å². The molecule has 1 aliphatic carbocycles. The first-order valence-corrected chi connectivity index (χ1v) is 18.8. The second kappa shape index (κ2) is 16.6. The lowest BCUT2D eigenvalue weighted by molar-refractivity contribution is -0.284. The van der Waals surface area contributed by atoms with Gasteiger partial charge in [0.2, 0.25) is 0 Å². The number of hydrogen-bond acceptors (Lipinski definition) is 5. The second-order valence-corrected chi connectivity index (χ2v) is 15.6. The number of hydrogen-bond donors (Lipinski definition) is 1. The highest BCUT2D eigenvalue weighted by atomic mass is 32.2. The van der Waals surface area contributed by atoms with E-state index in [-0.39, 0.29) is 22.2 Å². The summed E-state index contributed by atoms with van der Waals surface area (Å²) in [4.78, 5) is 2.40. The number of aryl methyl sites for hydroxylation is 1. The predicted octanol–water partition coefficient (Wildman–Crippen LogP) is 8.04. The van der Waals surface area contributed by atoms with Crippen LogP contribution >= 0.6 is 0 Å². The molecular weight excluding hydrogens is 633 g/mol. The number of aromatic hydroxyl groups is 1. The Hall–Kier alpha value is -2.15. The van der Waals surface area contributed by atoms with E-state index in [9.17, 15) is 40.0 Å². The van der Waals surface area contributed by atoms with E-state index in [1.165, 1.54) is 17.4 Å². The molecule has 3 rings (SSSR count). The van der Waals surface area contributed by atoms with E-state index in [4.69, 9.17) is 0 Å². The van der Waals surface area contributed by atoms with Gasteiger partial charge in [-0.25, -0.2) is 8.42 Å². The lowest BCUT2D eigenvalue weighted by Gasteiger charge is -2.20. The summed E-state index contributed by atoms with van der Waals surface area (Å²) in [5.41, 5.74) is 5.72. The average Bonchev–Trinajstić information content (AvgIpc) is 3.12. The van der Waals surface area contributed by atoms with Gasteiger partial charge in [0.15, 0.2) is 9.84 Å². The summed E-state index contributed by atoms with van der Waals surface area (Å²) in [6.07, 6.45) is 1.89. The molecule has 2 aromatic rings. The predicted molar refractivity (Wildman–Crippen MR) is 171 cm³/mol. The van der Waals surface area contributed by atoms with Crippen molar-refractivity contribution < 1.29 is 40.0 Å². The number of halogens is 5. The van der Waals surface area contributed by atoms with Crippen LogP contribution in [0.1, 0.15) is 80.9 Å². The van der Waals surface area contributed by atoms with Crippen LogP contribution in [0.15, 0.2) is 47.4 Å². The van der Waals surface area contributed by atoms with Crippen LogP contribution in [-0.4, -0.2) is 73.0 Å². The highest BCUT2D eigenvalue weighted by molar-refractivity contribution is 7.91. The Labute approximate surface area is 267 Å². The van der Waals surface area contributed by atoms with E-state index >= 15 is 0 Å². The molecule has 12 heteroatoms. The Bertz CT molecular complexity index is 1380. The molecule has 1 atom stereocenters. The maximum absolute atomic E-state index is 13.0. The van der Waals surface area contributed by atoms with E-state index in [0.717, 1.165) is 74.6 Å². The van der Waals surface area contributed by atoms with E-state index in [1.54, 1.807) is 18.2 Å². The Morgan fingerprint density at radius 2 is 1.53 bits per heavy atom. The largest absolute Gasteiger partial charge is 0.616 e. The minimum atomic E-state index is -5.57. The average molecular weight is 678 g/mol. The number of unbranched alkanes of at least 4 members (excludes halogenated alkanes) is 3. The zero-order valence-electron chi connectivity index (χ0n) is 26.0. The second-order valence-electron chi connectivity index (χ2n) is 11.9. The topological polar surface area (TPSA) is 80.7 Å². The molecule has 1 unspecified atom stereocenters. The molecule has 45 heavy (non-hydrogen) atoms. The molecule has 0 spiro atoms. The van der Waals surface area contributed by atoms with Crippen molar-refractivity contribution in [1.82, 2.24) is 4.90 Å². The van der Waals surface area contributed by atoms with Gasteiger partial charge >= 0.3 is 12.1 Å². The summed E-state index contributed by atoms with van der Waals surface area (Å²) in [6.45, 7) is 1.51. The van der Waals surface area contributed by atoms with Gasteiger partial charge in [-0.2, -0.15) is 22.0 Å². The van der Waals surface area contributed by atoms with Crippen LogP contribution in [0.3, 0.4) is 0 Å². The number of phenolic OH excluding ortho intramolecular Hbond substituents is 1. The van der Waals surface area contributed by atoms with Crippen molar-refractivity contribution in [3.05, 3.63) is 59.2 Å². The zero-order valence-corrected chi connectivity index (χ0v) is 27.6. The van der Waals surface area contributed by atoms with Gasteiger partial charge in [-0.1, -0.05) is 42.2 Å². The van der Waals surface area contributed by atoms with Crippen molar-refractivity contribution in [3.8, 4) is 5.75 Å². The van der Waals surface area contributed by atoms with Crippen LogP contribution in [0.5, 0.6) is 5.75 Å². The van der Waals surface area contributed by atoms with Crippen LogP contribution in [0.2, 0.25) is 0 Å². The molecule has 0 saturated carbocycles. The summed E-state index contributed by atoms with van der Waals surface area (Å²) in [6, 6.07) is 12.6. The van der Waals surface area contributed by atoms with Crippen LogP contribution in [0, 0.1) is 0 Å². The van der Waals surface area contributed by atoms with Crippen molar-refractivity contribution in [2.24, 2.45) is 0 Å². The van der Waals surface area contributed by atoms with Crippen LogP contribution < -0.4 is 0 Å². The molecule has 0 aliphatic heterocycles. The van der Waals surface area contributed by atoms with Crippen molar-refractivity contribution in [1.29, 1.82) is 0 Å². The standard InChI is InChI=1S/C33H44F5NO4S2/c1-39(21-9-23-44(41)22-8-19-32(34,35)33(36,37)38)20-6-4-3-5-11-31-29(25-13-16-28(17-14-25)45(2,42)43)12-7-10-26-24-27(40)15-18-30(26)31/h13-18,24,40H,3-12,19-23H2,1-2H3. The number of nitrogens with zero attached hydrogens (tertiary/aromatic N) is 1. The summed E-state index contributed by atoms with van der Waals surface area (Å²) in [5, 5.41) is 10.1. The minimum absolute atomic E-state index is 0.162. The molecule has 252 valence electrons. The Kier molecular flexibility index (Phi) is 13.8. The highest BCUT2D eigenvalue weighted by Crippen LogP contribution is 2.40. The van der Waals surface area contributed by atoms with Gasteiger partial charge in [-0.15, -0.1) is 0 Å². The maximum atomic E-state index is 13.0. The summed E-state index contributed by atoms with van der Waals surface area (Å²) in [7, 11) is -1.34. The molecule has 1 N–H and O–H groups in total. The molecule has 0 fully saturated rings. The molecule has 1 aliphatic rings. The molecule has 0 amide bonds. The smallest absolute Gasteiger partial charge is 0.453 e. The van der Waals surface area contributed by atoms with Crippen molar-refractivity contribution in [3.63, 3.8) is 0 Å². The Morgan fingerprint density at radius 3 is 2.20 bits per heavy atom. The SMILES string of the molecule is CN(CCCCCCC1=C(c2ccc(S(C)(=O)=O)cc2)CCCc2cc(O)ccc21)CCC[S+]([O-])CCCC(F)(F)C(F)(F)F. The van der Waals surface area contributed by atoms with Gasteiger partial charge in [0.05, 0.1) is 4.90 Å². The normalized spacial score (nSPS) is 15.3. The number of fused-ring (bicyclic) bond motifs is 1. The minimum Gasteiger partial charge on any atom is -0.616 e. The van der Waals surface area contributed by atoms with Gasteiger partial charge in [-0.05, 0) is 111 Å². The third-order valence-electron chi connectivity index (χ3n) is 8.19. The Balaban J connectivity index is 1.46. The lowest BCUT2D eigenvalue weighted by Crippen LogP contribution is -2.36. The van der Waals surface area contributed by atoms with E-state index in [1.807, 2.05) is 31.3 Å². The molecular formula is C33H44F5NO4S2. The third kappa shape index (κ3) is 11.6. The van der Waals surface area contributed by atoms with Crippen LogP contribution in [0.25, 0.3) is 11.1 Å².